The number of rotatable bonds is 5. The zero-order valence-electron chi connectivity index (χ0n) is 15.3. The average Bonchev–Trinajstić information content (AvgIpc) is 3.22. The van der Waals surface area contributed by atoms with Crippen molar-refractivity contribution >= 4 is 28.9 Å². The van der Waals surface area contributed by atoms with Crippen molar-refractivity contribution in [3.8, 4) is 11.4 Å². The topological polar surface area (TPSA) is 100 Å². The lowest BCUT2D eigenvalue weighted by Gasteiger charge is -2.12. The predicted octanol–water partition coefficient (Wildman–Crippen LogP) is 4.07. The molecule has 8 heteroatoms. The third-order valence-corrected chi connectivity index (χ3v) is 4.30. The normalized spacial score (nSPS) is 11.2. The molecule has 0 spiro atoms. The molecule has 0 atom stereocenters. The molecule has 0 amide bonds. The molecule has 2 heterocycles. The lowest BCUT2D eigenvalue weighted by atomic mass is 10.2. The van der Waals surface area contributed by atoms with Gasteiger partial charge in [-0.2, -0.15) is 0 Å². The van der Waals surface area contributed by atoms with Crippen LogP contribution < -0.4 is 10.3 Å². The van der Waals surface area contributed by atoms with Crippen LogP contribution in [0.3, 0.4) is 0 Å². The molecule has 4 rings (SSSR count). The van der Waals surface area contributed by atoms with E-state index in [1.807, 2.05) is 0 Å². The molecule has 0 N–H and O–H groups in total. The minimum Gasteiger partial charge on any atom is -0.497 e. The Morgan fingerprint density at radius 2 is 1.93 bits per heavy atom. The van der Waals surface area contributed by atoms with E-state index in [4.69, 9.17) is 9.15 Å². The number of para-hydroxylation sites is 1. The largest absolute Gasteiger partial charge is 0.497 e. The van der Waals surface area contributed by atoms with Crippen LogP contribution in [0.5, 0.6) is 5.75 Å². The molecule has 8 nitrogen and oxygen atoms in total. The van der Waals surface area contributed by atoms with Crippen LogP contribution in [0.15, 0.2) is 69.9 Å². The first kappa shape index (κ1) is 18.2. The fraction of sp³-hybridized carbons (Fsp3) is 0.0476. The number of furan rings is 1. The first-order valence-electron chi connectivity index (χ1n) is 8.65. The maximum atomic E-state index is 13.2. The van der Waals surface area contributed by atoms with Gasteiger partial charge < -0.3 is 9.15 Å². The second-order valence-electron chi connectivity index (χ2n) is 6.10. The Kier molecular flexibility index (Phi) is 4.66. The lowest BCUT2D eigenvalue weighted by molar-refractivity contribution is -0.402. The van der Waals surface area contributed by atoms with Crippen LogP contribution in [-0.2, 0) is 0 Å². The van der Waals surface area contributed by atoms with E-state index in [2.05, 4.69) is 4.98 Å². The number of hydrogen-bond donors (Lipinski definition) is 0. The monoisotopic (exact) mass is 389 g/mol. The van der Waals surface area contributed by atoms with Crippen LogP contribution in [0.4, 0.5) is 5.88 Å². The molecule has 0 saturated carbocycles. The van der Waals surface area contributed by atoms with E-state index in [1.54, 1.807) is 61.7 Å². The van der Waals surface area contributed by atoms with Crippen molar-refractivity contribution in [2.24, 2.45) is 0 Å². The summed E-state index contributed by atoms with van der Waals surface area (Å²) in [7, 11) is 1.55. The Morgan fingerprint density at radius 1 is 1.10 bits per heavy atom. The molecule has 0 aliphatic rings. The number of ether oxygens (including phenoxy) is 1. The second-order valence-corrected chi connectivity index (χ2v) is 6.10. The molecular weight excluding hydrogens is 374 g/mol. The van der Waals surface area contributed by atoms with Crippen molar-refractivity contribution < 1.29 is 14.1 Å². The molecule has 4 aromatic rings. The Morgan fingerprint density at radius 3 is 2.69 bits per heavy atom. The van der Waals surface area contributed by atoms with Crippen molar-refractivity contribution in [3.63, 3.8) is 0 Å². The molecule has 29 heavy (non-hydrogen) atoms. The predicted molar refractivity (Wildman–Crippen MR) is 108 cm³/mol. The van der Waals surface area contributed by atoms with Crippen LogP contribution in [0, 0.1) is 10.1 Å². The highest BCUT2D eigenvalue weighted by Gasteiger charge is 2.13. The first-order valence-corrected chi connectivity index (χ1v) is 8.65. The van der Waals surface area contributed by atoms with Crippen LogP contribution in [0.2, 0.25) is 0 Å². The SMILES string of the molecule is COc1cccc(-n2c(/C=C/c3ccc([N+](=O)[O-])o3)nc3ccccc3c2=O)c1. The fourth-order valence-corrected chi connectivity index (χ4v) is 2.95. The number of fused-ring (bicyclic) bond motifs is 1. The van der Waals surface area contributed by atoms with E-state index < -0.39 is 4.92 Å². The lowest BCUT2D eigenvalue weighted by Crippen LogP contribution is -2.22. The third-order valence-electron chi connectivity index (χ3n) is 4.30. The van der Waals surface area contributed by atoms with E-state index >= 15 is 0 Å². The summed E-state index contributed by atoms with van der Waals surface area (Å²) in [6, 6.07) is 16.8. The summed E-state index contributed by atoms with van der Waals surface area (Å²) in [5.74, 6) is 0.859. The number of nitrogens with zero attached hydrogens (tertiary/aromatic N) is 3. The number of aromatic nitrogens is 2. The Bertz CT molecular complexity index is 1300. The molecule has 144 valence electrons. The molecule has 0 aliphatic heterocycles. The Labute approximate surface area is 164 Å². The van der Waals surface area contributed by atoms with Gasteiger partial charge >= 0.3 is 5.88 Å². The summed E-state index contributed by atoms with van der Waals surface area (Å²) in [6.45, 7) is 0. The third kappa shape index (κ3) is 3.51. The van der Waals surface area contributed by atoms with Crippen molar-refractivity contribution in [1.82, 2.24) is 9.55 Å². The fourth-order valence-electron chi connectivity index (χ4n) is 2.95. The van der Waals surface area contributed by atoms with E-state index in [1.165, 1.54) is 22.8 Å². The quantitative estimate of drug-likeness (QED) is 0.377. The number of hydrogen-bond acceptors (Lipinski definition) is 6. The van der Waals surface area contributed by atoms with Crippen molar-refractivity contribution in [3.05, 3.63) is 92.7 Å². The van der Waals surface area contributed by atoms with Gasteiger partial charge in [-0.05, 0) is 42.5 Å². The first-order chi connectivity index (χ1) is 14.1. The maximum absolute atomic E-state index is 13.2. The highest BCUT2D eigenvalue weighted by atomic mass is 16.6. The molecule has 0 saturated heterocycles. The molecule has 0 aliphatic carbocycles. The van der Waals surface area contributed by atoms with E-state index in [0.717, 1.165) is 0 Å². The molecule has 0 unspecified atom stereocenters. The van der Waals surface area contributed by atoms with Gasteiger partial charge in [0.2, 0.25) is 0 Å². The number of methoxy groups -OCH3 is 1. The minimum absolute atomic E-state index is 0.242. The zero-order chi connectivity index (χ0) is 20.4. The smallest absolute Gasteiger partial charge is 0.433 e. The number of benzene rings is 2. The van der Waals surface area contributed by atoms with Crippen LogP contribution in [0.1, 0.15) is 11.6 Å². The summed E-state index contributed by atoms with van der Waals surface area (Å²) in [6.07, 6.45) is 3.11. The summed E-state index contributed by atoms with van der Waals surface area (Å²) in [5, 5.41) is 11.3. The van der Waals surface area contributed by atoms with Gasteiger partial charge in [-0.3, -0.25) is 19.5 Å². The summed E-state index contributed by atoms with van der Waals surface area (Å²) in [5.41, 5.74) is 0.883. The Balaban J connectivity index is 1.90. The van der Waals surface area contributed by atoms with Crippen molar-refractivity contribution in [1.29, 1.82) is 0 Å². The average molecular weight is 389 g/mol. The summed E-state index contributed by atoms with van der Waals surface area (Å²) < 4.78 is 11.9. The maximum Gasteiger partial charge on any atom is 0.433 e. The standard InChI is InChI=1S/C21H15N3O5/c1-28-16-6-4-5-14(13-16)23-19(11-9-15-10-12-20(29-15)24(26)27)22-18-8-3-2-7-17(18)21(23)25/h2-13H,1H3/b11-9+. The van der Waals surface area contributed by atoms with Crippen LogP contribution in [0.25, 0.3) is 28.7 Å². The summed E-state index contributed by atoms with van der Waals surface area (Å²) >= 11 is 0. The van der Waals surface area contributed by atoms with Gasteiger partial charge in [0.25, 0.3) is 5.56 Å². The molecule has 2 aromatic carbocycles. The highest BCUT2D eigenvalue weighted by molar-refractivity contribution is 5.80. The minimum atomic E-state index is -0.613. The highest BCUT2D eigenvalue weighted by Crippen LogP contribution is 2.21. The van der Waals surface area contributed by atoms with Crippen LogP contribution in [-0.4, -0.2) is 21.6 Å². The second kappa shape index (κ2) is 7.43. The molecular formula is C21H15N3O5. The van der Waals surface area contributed by atoms with E-state index in [9.17, 15) is 14.9 Å². The molecule has 0 fully saturated rings. The van der Waals surface area contributed by atoms with Gasteiger partial charge in [0.05, 0.1) is 29.8 Å². The van der Waals surface area contributed by atoms with Crippen molar-refractivity contribution in [2.45, 2.75) is 0 Å². The van der Waals surface area contributed by atoms with E-state index in [0.29, 0.717) is 28.2 Å². The van der Waals surface area contributed by atoms with Crippen LogP contribution >= 0.6 is 0 Å². The summed E-state index contributed by atoms with van der Waals surface area (Å²) in [4.78, 5) is 28.0. The number of nitro groups is 1. The van der Waals surface area contributed by atoms with Gasteiger partial charge in [0.1, 0.15) is 22.3 Å². The van der Waals surface area contributed by atoms with Gasteiger partial charge in [-0.1, -0.05) is 18.2 Å². The zero-order valence-corrected chi connectivity index (χ0v) is 15.3. The molecule has 0 bridgehead atoms. The van der Waals surface area contributed by atoms with Gasteiger partial charge in [0, 0.05) is 6.07 Å². The van der Waals surface area contributed by atoms with Gasteiger partial charge in [-0.15, -0.1) is 0 Å². The molecule has 0 radical (unpaired) electrons. The molecule has 2 aromatic heterocycles. The van der Waals surface area contributed by atoms with E-state index in [-0.39, 0.29) is 17.2 Å². The van der Waals surface area contributed by atoms with Gasteiger partial charge in [-0.25, -0.2) is 4.98 Å². The van der Waals surface area contributed by atoms with Crippen molar-refractivity contribution in [2.75, 3.05) is 7.11 Å². The Hall–Kier alpha value is -4.20. The van der Waals surface area contributed by atoms with Gasteiger partial charge in [0.15, 0.2) is 0 Å².